The van der Waals surface area contributed by atoms with E-state index in [-0.39, 0.29) is 18.4 Å². The molecule has 4 heteroatoms. The van der Waals surface area contributed by atoms with Crippen molar-refractivity contribution in [3.8, 4) is 0 Å². The third kappa shape index (κ3) is 2.62. The van der Waals surface area contributed by atoms with Crippen LogP contribution in [0.1, 0.15) is 5.56 Å². The van der Waals surface area contributed by atoms with Crippen molar-refractivity contribution in [1.29, 1.82) is 0 Å². The van der Waals surface area contributed by atoms with E-state index in [1.54, 1.807) is 4.90 Å². The van der Waals surface area contributed by atoms with Crippen molar-refractivity contribution in [2.24, 2.45) is 5.92 Å². The monoisotopic (exact) mass is 283 g/mol. The lowest BCUT2D eigenvalue weighted by atomic mass is 10.00. The molecule has 0 radical (unpaired) electrons. The number of halogens is 1. The summed E-state index contributed by atoms with van der Waals surface area (Å²) in [7, 11) is 0. The number of rotatable bonds is 3. The van der Waals surface area contributed by atoms with Crippen LogP contribution in [0.2, 0.25) is 0 Å². The molecule has 2 rings (SSSR count). The third-order valence-electron chi connectivity index (χ3n) is 2.84. The average Bonchev–Trinajstić information content (AvgIpc) is 2.20. The number of aliphatic hydroxyl groups is 1. The van der Waals surface area contributed by atoms with Crippen molar-refractivity contribution in [1.82, 2.24) is 4.90 Å². The first-order chi connectivity index (χ1) is 7.69. The molecule has 0 spiro atoms. The maximum atomic E-state index is 11.8. The van der Waals surface area contributed by atoms with E-state index in [2.05, 4.69) is 15.9 Å². The Hall–Kier alpha value is -0.870. The Morgan fingerprint density at radius 2 is 2.00 bits per heavy atom. The largest absolute Gasteiger partial charge is 0.396 e. The summed E-state index contributed by atoms with van der Waals surface area (Å²) in [6, 6.07) is 7.78. The van der Waals surface area contributed by atoms with Gasteiger partial charge in [0.05, 0.1) is 6.42 Å². The molecule has 1 N–H and O–H groups in total. The number of likely N-dealkylation sites (tertiary alicyclic amines) is 1. The van der Waals surface area contributed by atoms with Crippen molar-refractivity contribution in [2.45, 2.75) is 6.42 Å². The first-order valence-corrected chi connectivity index (χ1v) is 6.11. The fourth-order valence-corrected chi connectivity index (χ4v) is 2.04. The van der Waals surface area contributed by atoms with E-state index < -0.39 is 0 Å². The second-order valence-electron chi connectivity index (χ2n) is 4.15. The van der Waals surface area contributed by atoms with E-state index in [0.29, 0.717) is 19.5 Å². The number of nitrogens with zero attached hydrogens (tertiary/aromatic N) is 1. The molecule has 1 amide bonds. The molecular formula is C12H14BrNO2. The lowest BCUT2D eigenvalue weighted by Crippen LogP contribution is -2.51. The summed E-state index contributed by atoms with van der Waals surface area (Å²) in [5.41, 5.74) is 1.03. The quantitative estimate of drug-likeness (QED) is 0.912. The number of carbonyl (C=O) groups excluding carboxylic acids is 1. The molecule has 0 saturated carbocycles. The molecule has 3 nitrogen and oxygen atoms in total. The topological polar surface area (TPSA) is 40.5 Å². The second-order valence-corrected chi connectivity index (χ2v) is 5.07. The Kier molecular flexibility index (Phi) is 3.61. The van der Waals surface area contributed by atoms with Gasteiger partial charge in [-0.2, -0.15) is 0 Å². The van der Waals surface area contributed by atoms with Crippen LogP contribution in [0, 0.1) is 5.92 Å². The normalized spacial score (nSPS) is 16.0. The van der Waals surface area contributed by atoms with E-state index in [1.165, 1.54) is 0 Å². The lowest BCUT2D eigenvalue weighted by molar-refractivity contribution is -0.137. The average molecular weight is 284 g/mol. The van der Waals surface area contributed by atoms with Crippen molar-refractivity contribution < 1.29 is 9.90 Å². The summed E-state index contributed by atoms with van der Waals surface area (Å²) in [6.07, 6.45) is 0.450. The maximum Gasteiger partial charge on any atom is 0.227 e. The predicted octanol–water partition coefficient (Wildman–Crippen LogP) is 1.44. The fraction of sp³-hybridized carbons (Fsp3) is 0.417. The minimum absolute atomic E-state index is 0.145. The first-order valence-electron chi connectivity index (χ1n) is 5.32. The van der Waals surface area contributed by atoms with Gasteiger partial charge in [0.2, 0.25) is 5.91 Å². The van der Waals surface area contributed by atoms with Gasteiger partial charge in [0.25, 0.3) is 0 Å². The SMILES string of the molecule is O=C(Cc1ccc(Br)cc1)N1CC(CO)C1. The van der Waals surface area contributed by atoms with Crippen molar-refractivity contribution in [3.05, 3.63) is 34.3 Å². The zero-order valence-corrected chi connectivity index (χ0v) is 10.5. The van der Waals surface area contributed by atoms with Crippen LogP contribution in [0.4, 0.5) is 0 Å². The predicted molar refractivity (Wildman–Crippen MR) is 65.0 cm³/mol. The van der Waals surface area contributed by atoms with E-state index in [9.17, 15) is 4.79 Å². The Labute approximate surface area is 103 Å². The van der Waals surface area contributed by atoms with E-state index >= 15 is 0 Å². The van der Waals surface area contributed by atoms with Crippen LogP contribution < -0.4 is 0 Å². The Morgan fingerprint density at radius 3 is 2.56 bits per heavy atom. The Bertz CT molecular complexity index is 371. The van der Waals surface area contributed by atoms with Crippen LogP contribution >= 0.6 is 15.9 Å². The van der Waals surface area contributed by atoms with Crippen LogP contribution in [0.5, 0.6) is 0 Å². The van der Waals surface area contributed by atoms with Crippen LogP contribution in [-0.4, -0.2) is 35.6 Å². The van der Waals surface area contributed by atoms with Crippen molar-refractivity contribution in [2.75, 3.05) is 19.7 Å². The highest BCUT2D eigenvalue weighted by molar-refractivity contribution is 9.10. The molecule has 86 valence electrons. The molecule has 1 heterocycles. The van der Waals surface area contributed by atoms with Gasteiger partial charge in [0, 0.05) is 30.1 Å². The number of carbonyl (C=O) groups is 1. The lowest BCUT2D eigenvalue weighted by Gasteiger charge is -2.38. The molecule has 0 aromatic heterocycles. The van der Waals surface area contributed by atoms with Crippen molar-refractivity contribution >= 4 is 21.8 Å². The zero-order valence-electron chi connectivity index (χ0n) is 8.90. The standard InChI is InChI=1S/C12H14BrNO2/c13-11-3-1-9(2-4-11)5-12(16)14-6-10(7-14)8-15/h1-4,10,15H,5-8H2. The molecule has 0 bridgehead atoms. The summed E-state index contributed by atoms with van der Waals surface area (Å²) >= 11 is 3.36. The van der Waals surface area contributed by atoms with Gasteiger partial charge in [-0.15, -0.1) is 0 Å². The van der Waals surface area contributed by atoms with Gasteiger partial charge < -0.3 is 10.0 Å². The first kappa shape index (κ1) is 11.6. The summed E-state index contributed by atoms with van der Waals surface area (Å²) in [6.45, 7) is 1.58. The van der Waals surface area contributed by atoms with Crippen LogP contribution in [0.15, 0.2) is 28.7 Å². The summed E-state index contributed by atoms with van der Waals surface area (Å²) in [5.74, 6) is 0.431. The third-order valence-corrected chi connectivity index (χ3v) is 3.37. The van der Waals surface area contributed by atoms with Crippen LogP contribution in [0.3, 0.4) is 0 Å². The second kappa shape index (κ2) is 4.97. The Morgan fingerprint density at radius 1 is 1.38 bits per heavy atom. The van der Waals surface area contributed by atoms with Gasteiger partial charge in [-0.25, -0.2) is 0 Å². The summed E-state index contributed by atoms with van der Waals surface area (Å²) in [4.78, 5) is 13.6. The fourth-order valence-electron chi connectivity index (χ4n) is 1.78. The number of hydrogen-bond acceptors (Lipinski definition) is 2. The molecule has 1 fully saturated rings. The van der Waals surface area contributed by atoms with E-state index in [1.807, 2.05) is 24.3 Å². The van der Waals surface area contributed by atoms with E-state index in [4.69, 9.17) is 5.11 Å². The molecule has 1 aliphatic heterocycles. The molecule has 0 aliphatic carbocycles. The van der Waals surface area contributed by atoms with Gasteiger partial charge in [-0.05, 0) is 17.7 Å². The van der Waals surface area contributed by atoms with Crippen molar-refractivity contribution in [3.63, 3.8) is 0 Å². The van der Waals surface area contributed by atoms with Gasteiger partial charge in [0.15, 0.2) is 0 Å². The van der Waals surface area contributed by atoms with Gasteiger partial charge in [-0.3, -0.25) is 4.79 Å². The molecule has 1 aromatic rings. The maximum absolute atomic E-state index is 11.8. The molecule has 1 aromatic carbocycles. The number of hydrogen-bond donors (Lipinski definition) is 1. The molecule has 0 atom stereocenters. The van der Waals surface area contributed by atoms with E-state index in [0.717, 1.165) is 10.0 Å². The van der Waals surface area contributed by atoms with Crippen LogP contribution in [-0.2, 0) is 11.2 Å². The summed E-state index contributed by atoms with van der Waals surface area (Å²) < 4.78 is 1.02. The minimum Gasteiger partial charge on any atom is -0.396 e. The smallest absolute Gasteiger partial charge is 0.227 e. The van der Waals surface area contributed by atoms with Gasteiger partial charge in [0.1, 0.15) is 0 Å². The van der Waals surface area contributed by atoms with Gasteiger partial charge in [-0.1, -0.05) is 28.1 Å². The number of aliphatic hydroxyl groups excluding tert-OH is 1. The molecule has 0 unspecified atom stereocenters. The Balaban J connectivity index is 1.86. The zero-order chi connectivity index (χ0) is 11.5. The number of amides is 1. The molecule has 1 saturated heterocycles. The summed E-state index contributed by atoms with van der Waals surface area (Å²) in [5, 5.41) is 8.86. The molecular weight excluding hydrogens is 270 g/mol. The molecule has 16 heavy (non-hydrogen) atoms. The highest BCUT2D eigenvalue weighted by Gasteiger charge is 2.29. The highest BCUT2D eigenvalue weighted by atomic mass is 79.9. The van der Waals surface area contributed by atoms with Crippen LogP contribution in [0.25, 0.3) is 0 Å². The molecule has 1 aliphatic rings. The minimum atomic E-state index is 0.145. The number of benzene rings is 1. The van der Waals surface area contributed by atoms with Gasteiger partial charge >= 0.3 is 0 Å². The highest BCUT2D eigenvalue weighted by Crippen LogP contribution is 2.17.